The lowest BCUT2D eigenvalue weighted by Gasteiger charge is -2.10. The first kappa shape index (κ1) is 13.6. The van der Waals surface area contributed by atoms with Crippen LogP contribution in [0.15, 0.2) is 24.4 Å². The van der Waals surface area contributed by atoms with Gasteiger partial charge in [-0.1, -0.05) is 11.6 Å². The Kier molecular flexibility index (Phi) is 3.39. The summed E-state index contributed by atoms with van der Waals surface area (Å²) in [5.74, 6) is 0.494. The number of aromatic nitrogens is 4. The normalized spacial score (nSPS) is 12.5. The molecule has 0 unspecified atom stereocenters. The van der Waals surface area contributed by atoms with E-state index in [1.807, 2.05) is 19.1 Å². The van der Waals surface area contributed by atoms with Crippen molar-refractivity contribution in [3.05, 3.63) is 46.5 Å². The summed E-state index contributed by atoms with van der Waals surface area (Å²) in [4.78, 5) is 19.8. The lowest BCUT2D eigenvalue weighted by Crippen LogP contribution is -2.27. The van der Waals surface area contributed by atoms with Crippen molar-refractivity contribution in [3.8, 4) is 0 Å². The molecule has 0 fully saturated rings. The molecule has 0 aliphatic heterocycles. The predicted octanol–water partition coefficient (Wildman–Crippen LogP) is 2.74. The van der Waals surface area contributed by atoms with Crippen molar-refractivity contribution in [2.24, 2.45) is 0 Å². The number of amides is 1. The summed E-state index contributed by atoms with van der Waals surface area (Å²) in [6.07, 6.45) is 1.51. The van der Waals surface area contributed by atoms with Crippen LogP contribution in [-0.2, 0) is 0 Å². The number of aromatic amines is 2. The molecule has 2 aromatic heterocycles. The molecule has 6 nitrogen and oxygen atoms in total. The Labute approximate surface area is 125 Å². The number of nitrogens with one attached hydrogen (secondary N) is 3. The number of halogens is 1. The van der Waals surface area contributed by atoms with Gasteiger partial charge >= 0.3 is 0 Å². The summed E-state index contributed by atoms with van der Waals surface area (Å²) >= 11 is 5.95. The van der Waals surface area contributed by atoms with Gasteiger partial charge in [0.05, 0.1) is 28.8 Å². The van der Waals surface area contributed by atoms with Gasteiger partial charge in [-0.05, 0) is 32.0 Å². The van der Waals surface area contributed by atoms with Crippen LogP contribution in [-0.4, -0.2) is 26.1 Å². The molecule has 0 aliphatic carbocycles. The minimum atomic E-state index is -0.252. The molecule has 0 radical (unpaired) electrons. The number of rotatable bonds is 3. The van der Waals surface area contributed by atoms with Gasteiger partial charge in [0, 0.05) is 10.7 Å². The minimum Gasteiger partial charge on any atom is -0.342 e. The summed E-state index contributed by atoms with van der Waals surface area (Å²) < 4.78 is 0. The van der Waals surface area contributed by atoms with Crippen molar-refractivity contribution in [2.45, 2.75) is 19.9 Å². The zero-order valence-corrected chi connectivity index (χ0v) is 12.3. The molecule has 7 heteroatoms. The van der Waals surface area contributed by atoms with Crippen LogP contribution in [0.3, 0.4) is 0 Å². The van der Waals surface area contributed by atoms with E-state index in [1.165, 1.54) is 6.20 Å². The SMILES string of the molecule is Cc1[nH]ncc1C(=O)N[C@H](C)c1nc2ccc(Cl)cc2[nH]1. The fourth-order valence-corrected chi connectivity index (χ4v) is 2.30. The second kappa shape index (κ2) is 5.21. The number of aryl methyl sites for hydroxylation is 1. The molecular formula is C14H14ClN5O. The third-order valence-corrected chi connectivity index (χ3v) is 3.53. The number of imidazole rings is 1. The summed E-state index contributed by atoms with van der Waals surface area (Å²) in [5.41, 5.74) is 2.92. The first-order valence-electron chi connectivity index (χ1n) is 6.50. The third kappa shape index (κ3) is 2.62. The van der Waals surface area contributed by atoms with Crippen molar-refractivity contribution < 1.29 is 4.79 Å². The lowest BCUT2D eigenvalue weighted by molar-refractivity contribution is 0.0938. The number of carbonyl (C=O) groups is 1. The minimum absolute atomic E-state index is 0.188. The first-order valence-corrected chi connectivity index (χ1v) is 6.88. The molecule has 108 valence electrons. The van der Waals surface area contributed by atoms with Crippen LogP contribution < -0.4 is 5.32 Å². The van der Waals surface area contributed by atoms with E-state index in [4.69, 9.17) is 11.6 Å². The topological polar surface area (TPSA) is 86.5 Å². The van der Waals surface area contributed by atoms with Crippen LogP contribution in [0, 0.1) is 6.92 Å². The number of carbonyl (C=O) groups excluding carboxylic acids is 1. The largest absolute Gasteiger partial charge is 0.342 e. The molecule has 0 saturated carbocycles. The van der Waals surface area contributed by atoms with Crippen LogP contribution in [0.5, 0.6) is 0 Å². The van der Waals surface area contributed by atoms with Gasteiger partial charge in [-0.15, -0.1) is 0 Å². The van der Waals surface area contributed by atoms with Crippen molar-refractivity contribution in [1.82, 2.24) is 25.5 Å². The highest BCUT2D eigenvalue weighted by atomic mass is 35.5. The Bertz CT molecular complexity index is 807. The lowest BCUT2D eigenvalue weighted by atomic mass is 10.2. The zero-order chi connectivity index (χ0) is 15.0. The fraction of sp³-hybridized carbons (Fsp3) is 0.214. The van der Waals surface area contributed by atoms with E-state index in [0.717, 1.165) is 16.7 Å². The number of fused-ring (bicyclic) bond motifs is 1. The van der Waals surface area contributed by atoms with Gasteiger partial charge in [0.2, 0.25) is 0 Å². The van der Waals surface area contributed by atoms with Gasteiger partial charge in [0.25, 0.3) is 5.91 Å². The van der Waals surface area contributed by atoms with Crippen LogP contribution in [0.4, 0.5) is 0 Å². The summed E-state index contributed by atoms with van der Waals surface area (Å²) in [7, 11) is 0. The Morgan fingerprint density at radius 2 is 2.24 bits per heavy atom. The van der Waals surface area contributed by atoms with Gasteiger partial charge in [-0.2, -0.15) is 5.10 Å². The van der Waals surface area contributed by atoms with E-state index in [-0.39, 0.29) is 11.9 Å². The van der Waals surface area contributed by atoms with Crippen LogP contribution >= 0.6 is 11.6 Å². The van der Waals surface area contributed by atoms with Crippen LogP contribution in [0.25, 0.3) is 11.0 Å². The van der Waals surface area contributed by atoms with Gasteiger partial charge in [-0.25, -0.2) is 4.98 Å². The smallest absolute Gasteiger partial charge is 0.255 e. The van der Waals surface area contributed by atoms with Crippen molar-refractivity contribution >= 4 is 28.5 Å². The van der Waals surface area contributed by atoms with Crippen molar-refractivity contribution in [3.63, 3.8) is 0 Å². The highest BCUT2D eigenvalue weighted by molar-refractivity contribution is 6.31. The molecule has 3 rings (SSSR count). The maximum absolute atomic E-state index is 12.1. The number of H-pyrrole nitrogens is 2. The monoisotopic (exact) mass is 303 g/mol. The maximum Gasteiger partial charge on any atom is 0.255 e. The molecule has 0 aliphatic rings. The molecule has 2 heterocycles. The standard InChI is InChI=1S/C14H14ClN5O/c1-7-10(6-16-20-7)14(21)17-8(2)13-18-11-4-3-9(15)5-12(11)19-13/h3-6,8H,1-2H3,(H,16,20)(H,17,21)(H,18,19)/t8-/m1/s1. The van der Waals surface area contributed by atoms with Crippen LogP contribution in [0.2, 0.25) is 5.02 Å². The highest BCUT2D eigenvalue weighted by Crippen LogP contribution is 2.20. The van der Waals surface area contributed by atoms with Gasteiger partial charge in [0.1, 0.15) is 5.82 Å². The van der Waals surface area contributed by atoms with E-state index in [9.17, 15) is 4.79 Å². The maximum atomic E-state index is 12.1. The molecule has 0 bridgehead atoms. The molecule has 1 amide bonds. The highest BCUT2D eigenvalue weighted by Gasteiger charge is 2.17. The Hall–Kier alpha value is -2.34. The van der Waals surface area contributed by atoms with E-state index >= 15 is 0 Å². The van der Waals surface area contributed by atoms with E-state index in [2.05, 4.69) is 25.5 Å². The zero-order valence-electron chi connectivity index (χ0n) is 11.6. The molecular weight excluding hydrogens is 290 g/mol. The average Bonchev–Trinajstić information content (AvgIpc) is 3.04. The number of nitrogens with zero attached hydrogens (tertiary/aromatic N) is 2. The third-order valence-electron chi connectivity index (χ3n) is 3.29. The van der Waals surface area contributed by atoms with Crippen molar-refractivity contribution in [1.29, 1.82) is 0 Å². The second-order valence-corrected chi connectivity index (χ2v) is 5.32. The Morgan fingerprint density at radius 1 is 1.43 bits per heavy atom. The van der Waals surface area contributed by atoms with E-state index < -0.39 is 0 Å². The second-order valence-electron chi connectivity index (χ2n) is 4.89. The molecule has 1 atom stereocenters. The molecule has 3 N–H and O–H groups in total. The summed E-state index contributed by atoms with van der Waals surface area (Å²) in [6.45, 7) is 3.67. The van der Waals surface area contributed by atoms with Gasteiger partial charge < -0.3 is 10.3 Å². The summed E-state index contributed by atoms with van der Waals surface area (Å²) in [6, 6.07) is 5.18. The average molecular weight is 304 g/mol. The predicted molar refractivity (Wildman–Crippen MR) is 80.3 cm³/mol. The van der Waals surface area contributed by atoms with Gasteiger partial charge in [-0.3, -0.25) is 9.89 Å². The first-order chi connectivity index (χ1) is 10.0. The molecule has 21 heavy (non-hydrogen) atoms. The molecule has 0 saturated heterocycles. The van der Waals surface area contributed by atoms with Crippen molar-refractivity contribution in [2.75, 3.05) is 0 Å². The Morgan fingerprint density at radius 3 is 2.95 bits per heavy atom. The quantitative estimate of drug-likeness (QED) is 0.695. The van der Waals surface area contributed by atoms with E-state index in [1.54, 1.807) is 13.0 Å². The van der Waals surface area contributed by atoms with Gasteiger partial charge in [0.15, 0.2) is 0 Å². The molecule has 3 aromatic rings. The fourth-order valence-electron chi connectivity index (χ4n) is 2.13. The number of hydrogen-bond acceptors (Lipinski definition) is 3. The number of hydrogen-bond donors (Lipinski definition) is 3. The van der Waals surface area contributed by atoms with E-state index in [0.29, 0.717) is 16.4 Å². The summed E-state index contributed by atoms with van der Waals surface area (Å²) in [5, 5.41) is 10.1. The van der Waals surface area contributed by atoms with Crippen LogP contribution in [0.1, 0.15) is 34.8 Å². The number of benzene rings is 1. The molecule has 0 spiro atoms. The Balaban J connectivity index is 1.82. The molecule has 1 aromatic carbocycles.